The fourth-order valence-electron chi connectivity index (χ4n) is 1.90. The number of non-ortho nitro benzene ring substituents is 1. The number of benzene rings is 1. The highest BCUT2D eigenvalue weighted by Crippen LogP contribution is 2.36. The van der Waals surface area contributed by atoms with E-state index in [1.54, 1.807) is 0 Å². The smallest absolute Gasteiger partial charge is 0.359 e. The molecule has 9 nitrogen and oxygen atoms in total. The second-order valence-corrected chi connectivity index (χ2v) is 6.45. The summed E-state index contributed by atoms with van der Waals surface area (Å²) < 4.78 is 9.81. The maximum Gasteiger partial charge on any atom is 0.359 e. The molecule has 0 fully saturated rings. The number of amides is 1. The third kappa shape index (κ3) is 4.93. The van der Waals surface area contributed by atoms with Crippen LogP contribution in [-0.4, -0.2) is 35.5 Å². The molecule has 1 N–H and O–H groups in total. The number of methoxy groups -OCH3 is 1. The van der Waals surface area contributed by atoms with Crippen molar-refractivity contribution in [1.82, 2.24) is 4.98 Å². The highest BCUT2D eigenvalue weighted by molar-refractivity contribution is 6.52. The number of anilines is 1. The second kappa shape index (κ2) is 9.24. The van der Waals surface area contributed by atoms with Crippen molar-refractivity contribution in [2.45, 2.75) is 0 Å². The van der Waals surface area contributed by atoms with Crippen LogP contribution in [0.3, 0.4) is 0 Å². The topological polar surface area (TPSA) is 121 Å². The fourth-order valence-corrected chi connectivity index (χ4v) is 2.71. The van der Waals surface area contributed by atoms with Gasteiger partial charge in [-0.3, -0.25) is 14.9 Å². The van der Waals surface area contributed by atoms with Crippen LogP contribution in [0, 0.1) is 10.1 Å². The third-order valence-corrected chi connectivity index (χ3v) is 4.86. The molecule has 0 radical (unpaired) electrons. The number of ether oxygens (including phenoxy) is 2. The Kier molecular flexibility index (Phi) is 7.25. The molecule has 13 heteroatoms. The lowest BCUT2D eigenvalue weighted by Gasteiger charge is -2.11. The summed E-state index contributed by atoms with van der Waals surface area (Å²) in [6.07, 6.45) is 0. The summed E-state index contributed by atoms with van der Waals surface area (Å²) in [5.74, 6) is -1.76. The number of rotatable bonds is 6. The summed E-state index contributed by atoms with van der Waals surface area (Å²) in [6, 6.07) is 3.57. The molecule has 0 aliphatic carbocycles. The Morgan fingerprint density at radius 2 is 1.86 bits per heavy atom. The quantitative estimate of drug-likeness (QED) is 0.288. The van der Waals surface area contributed by atoms with Crippen LogP contribution in [0.5, 0.6) is 5.75 Å². The average molecular weight is 469 g/mol. The lowest BCUT2D eigenvalue weighted by atomic mass is 10.2. The van der Waals surface area contributed by atoms with Gasteiger partial charge in [0.05, 0.1) is 38.9 Å². The van der Waals surface area contributed by atoms with Crippen molar-refractivity contribution in [3.05, 3.63) is 54.2 Å². The summed E-state index contributed by atoms with van der Waals surface area (Å²) in [5.41, 5.74) is -0.497. The molecule has 1 aromatic carbocycles. The van der Waals surface area contributed by atoms with Gasteiger partial charge in [0, 0.05) is 6.07 Å². The van der Waals surface area contributed by atoms with Crippen molar-refractivity contribution >= 4 is 69.7 Å². The Morgan fingerprint density at radius 1 is 1.18 bits per heavy atom. The number of nitrogens with one attached hydrogen (secondary N) is 1. The van der Waals surface area contributed by atoms with E-state index in [2.05, 4.69) is 10.3 Å². The molecule has 0 aliphatic heterocycles. The molecule has 0 unspecified atom stereocenters. The molecular formula is C15H9Cl4N3O6. The number of hydrogen-bond acceptors (Lipinski definition) is 7. The van der Waals surface area contributed by atoms with Gasteiger partial charge in [-0.2, -0.15) is 0 Å². The van der Waals surface area contributed by atoms with Crippen molar-refractivity contribution in [3.8, 4) is 5.75 Å². The maximum atomic E-state index is 12.1. The molecule has 1 aromatic heterocycles. The van der Waals surface area contributed by atoms with Crippen LogP contribution in [-0.2, 0) is 9.53 Å². The second-order valence-electron chi connectivity index (χ2n) is 4.96. The number of nitro benzene ring substituents is 1. The maximum absolute atomic E-state index is 12.1. The molecule has 0 spiro atoms. The number of nitrogens with zero attached hydrogens (tertiary/aromatic N) is 2. The van der Waals surface area contributed by atoms with Crippen LogP contribution < -0.4 is 10.1 Å². The minimum atomic E-state index is -1.06. The van der Waals surface area contributed by atoms with Crippen LogP contribution in [0.2, 0.25) is 20.2 Å². The molecule has 0 aliphatic rings. The normalized spacial score (nSPS) is 10.3. The first-order valence-electron chi connectivity index (χ1n) is 7.15. The Hall–Kier alpha value is -2.33. The first-order valence-corrected chi connectivity index (χ1v) is 8.66. The fraction of sp³-hybridized carbons (Fsp3) is 0.133. The molecule has 148 valence electrons. The summed E-state index contributed by atoms with van der Waals surface area (Å²) in [7, 11) is 1.27. The number of esters is 1. The van der Waals surface area contributed by atoms with E-state index in [-0.39, 0.29) is 37.3 Å². The zero-order valence-electron chi connectivity index (χ0n) is 13.8. The first kappa shape index (κ1) is 22.0. The highest BCUT2D eigenvalue weighted by atomic mass is 35.5. The van der Waals surface area contributed by atoms with Crippen molar-refractivity contribution in [2.75, 3.05) is 19.0 Å². The number of aromatic nitrogens is 1. The average Bonchev–Trinajstić information content (AvgIpc) is 2.67. The van der Waals surface area contributed by atoms with Crippen LogP contribution in [0.15, 0.2) is 18.2 Å². The van der Waals surface area contributed by atoms with Crippen LogP contribution >= 0.6 is 46.4 Å². The minimum Gasteiger partial charge on any atom is -0.494 e. The Bertz CT molecular complexity index is 969. The molecule has 0 saturated carbocycles. The number of carbonyl (C=O) groups excluding carboxylic acids is 2. The Balaban J connectivity index is 2.07. The van der Waals surface area contributed by atoms with Crippen LogP contribution in [0.4, 0.5) is 11.4 Å². The van der Waals surface area contributed by atoms with Crippen molar-refractivity contribution in [2.24, 2.45) is 0 Å². The number of halogens is 4. The number of pyridine rings is 1. The zero-order valence-corrected chi connectivity index (χ0v) is 16.8. The van der Waals surface area contributed by atoms with Crippen molar-refractivity contribution in [3.63, 3.8) is 0 Å². The zero-order chi connectivity index (χ0) is 21.0. The van der Waals surface area contributed by atoms with Gasteiger partial charge in [0.25, 0.3) is 11.6 Å². The van der Waals surface area contributed by atoms with E-state index < -0.39 is 29.1 Å². The van der Waals surface area contributed by atoms with Crippen LogP contribution in [0.1, 0.15) is 10.5 Å². The van der Waals surface area contributed by atoms with E-state index in [4.69, 9.17) is 55.9 Å². The van der Waals surface area contributed by atoms with E-state index in [9.17, 15) is 19.7 Å². The van der Waals surface area contributed by atoms with Gasteiger partial charge in [0.1, 0.15) is 10.9 Å². The monoisotopic (exact) mass is 467 g/mol. The number of carbonyl (C=O) groups is 2. The lowest BCUT2D eigenvalue weighted by molar-refractivity contribution is -0.384. The van der Waals surface area contributed by atoms with Gasteiger partial charge in [0.15, 0.2) is 12.3 Å². The largest absolute Gasteiger partial charge is 0.494 e. The molecule has 2 rings (SSSR count). The van der Waals surface area contributed by atoms with E-state index in [0.29, 0.717) is 0 Å². The summed E-state index contributed by atoms with van der Waals surface area (Å²) in [6.45, 7) is -0.713. The lowest BCUT2D eigenvalue weighted by Crippen LogP contribution is -2.22. The predicted octanol–water partition coefficient (Wildman–Crippen LogP) is 4.41. The van der Waals surface area contributed by atoms with E-state index >= 15 is 0 Å². The molecular weight excluding hydrogens is 460 g/mol. The molecule has 28 heavy (non-hydrogen) atoms. The molecule has 0 atom stereocenters. The molecule has 0 bridgehead atoms. The molecule has 2 aromatic rings. The van der Waals surface area contributed by atoms with E-state index in [1.807, 2.05) is 0 Å². The van der Waals surface area contributed by atoms with Crippen LogP contribution in [0.25, 0.3) is 0 Å². The standard InChI is InChI=1S/C15H9Cl4N3O6/c1-27-8-4-6(22(25)26)2-3-7(8)20-9(23)5-28-15(24)13-11(17)10(16)12(18)14(19)21-13/h2-4H,5H2,1H3,(H,20,23). The Labute approximate surface area is 177 Å². The third-order valence-electron chi connectivity index (χ3n) is 3.18. The van der Waals surface area contributed by atoms with E-state index in [1.165, 1.54) is 19.2 Å². The summed E-state index contributed by atoms with van der Waals surface area (Å²) in [5, 5.41) is 12.3. The van der Waals surface area contributed by atoms with E-state index in [0.717, 1.165) is 6.07 Å². The van der Waals surface area contributed by atoms with Crippen molar-refractivity contribution < 1.29 is 24.0 Å². The minimum absolute atomic E-state index is 0.0508. The van der Waals surface area contributed by atoms with Gasteiger partial charge in [-0.05, 0) is 6.07 Å². The SMILES string of the molecule is COc1cc([N+](=O)[O-])ccc1NC(=O)COC(=O)c1nc(Cl)c(Cl)c(Cl)c1Cl. The Morgan fingerprint density at radius 3 is 2.46 bits per heavy atom. The molecule has 1 heterocycles. The van der Waals surface area contributed by atoms with Gasteiger partial charge in [-0.25, -0.2) is 9.78 Å². The predicted molar refractivity (Wildman–Crippen MR) is 103 cm³/mol. The molecule has 1 amide bonds. The van der Waals surface area contributed by atoms with Crippen molar-refractivity contribution in [1.29, 1.82) is 0 Å². The summed E-state index contributed by atoms with van der Waals surface area (Å²) >= 11 is 23.2. The number of hydrogen-bond donors (Lipinski definition) is 1. The first-order chi connectivity index (χ1) is 13.1. The molecule has 0 saturated heterocycles. The highest BCUT2D eigenvalue weighted by Gasteiger charge is 2.22. The van der Waals surface area contributed by atoms with Gasteiger partial charge < -0.3 is 14.8 Å². The van der Waals surface area contributed by atoms with Gasteiger partial charge in [0.2, 0.25) is 0 Å². The van der Waals surface area contributed by atoms with Gasteiger partial charge in [-0.15, -0.1) is 0 Å². The van der Waals surface area contributed by atoms with Gasteiger partial charge >= 0.3 is 5.97 Å². The van der Waals surface area contributed by atoms with Gasteiger partial charge in [-0.1, -0.05) is 46.4 Å². The summed E-state index contributed by atoms with van der Waals surface area (Å²) in [4.78, 5) is 37.9. The number of nitro groups is 1.